The number of rotatable bonds is 3. The molecule has 0 aromatic heterocycles. The van der Waals surface area contributed by atoms with Crippen molar-refractivity contribution in [3.63, 3.8) is 0 Å². The summed E-state index contributed by atoms with van der Waals surface area (Å²) in [6.45, 7) is 5.51. The third-order valence-corrected chi connectivity index (χ3v) is 1.85. The average molecular weight is 141 g/mol. The van der Waals surface area contributed by atoms with Gasteiger partial charge in [0.25, 0.3) is 0 Å². The zero-order chi connectivity index (χ0) is 7.40. The molecule has 1 unspecified atom stereocenters. The van der Waals surface area contributed by atoms with Gasteiger partial charge in [0, 0.05) is 6.61 Å². The second-order valence-electron chi connectivity index (χ2n) is 2.70. The zero-order valence-electron chi connectivity index (χ0n) is 6.31. The van der Waals surface area contributed by atoms with E-state index in [0.29, 0.717) is 12.6 Å². The van der Waals surface area contributed by atoms with Gasteiger partial charge >= 0.3 is 0 Å². The fourth-order valence-corrected chi connectivity index (χ4v) is 1.25. The minimum atomic E-state index is 0.309. The fourth-order valence-electron chi connectivity index (χ4n) is 1.25. The van der Waals surface area contributed by atoms with Crippen LogP contribution in [0.15, 0.2) is 12.2 Å². The lowest BCUT2D eigenvalue weighted by atomic mass is 10.1. The Hall–Kier alpha value is -0.340. The second-order valence-corrected chi connectivity index (χ2v) is 2.70. The summed E-state index contributed by atoms with van der Waals surface area (Å²) in [6, 6.07) is 0. The largest absolute Gasteiger partial charge is 0.374 e. The van der Waals surface area contributed by atoms with E-state index in [2.05, 4.69) is 6.58 Å². The van der Waals surface area contributed by atoms with E-state index in [0.717, 1.165) is 19.4 Å². The minimum Gasteiger partial charge on any atom is -0.374 e. The van der Waals surface area contributed by atoms with Crippen molar-refractivity contribution in [3.05, 3.63) is 12.2 Å². The Labute approximate surface area is 62.1 Å². The van der Waals surface area contributed by atoms with Crippen molar-refractivity contribution >= 4 is 0 Å². The molecule has 10 heavy (non-hydrogen) atoms. The van der Waals surface area contributed by atoms with E-state index in [1.807, 2.05) is 0 Å². The molecule has 58 valence electrons. The van der Waals surface area contributed by atoms with E-state index in [1.165, 1.54) is 12.0 Å². The van der Waals surface area contributed by atoms with Crippen LogP contribution in [0.1, 0.15) is 19.3 Å². The van der Waals surface area contributed by atoms with Gasteiger partial charge in [-0.05, 0) is 31.4 Å². The van der Waals surface area contributed by atoms with E-state index in [4.69, 9.17) is 10.5 Å². The first-order valence-electron chi connectivity index (χ1n) is 3.84. The molecule has 2 N–H and O–H groups in total. The third kappa shape index (κ3) is 1.82. The summed E-state index contributed by atoms with van der Waals surface area (Å²) in [5, 5.41) is 0. The van der Waals surface area contributed by atoms with Crippen molar-refractivity contribution in [2.75, 3.05) is 13.2 Å². The monoisotopic (exact) mass is 141 g/mol. The molecule has 0 aliphatic carbocycles. The normalized spacial score (nSPS) is 25.1. The molecule has 1 saturated heterocycles. The van der Waals surface area contributed by atoms with Crippen LogP contribution < -0.4 is 5.73 Å². The van der Waals surface area contributed by atoms with Gasteiger partial charge in [0.1, 0.15) is 0 Å². The van der Waals surface area contributed by atoms with Crippen LogP contribution in [0.5, 0.6) is 0 Å². The standard InChI is InChI=1S/C8H15NO/c1-7(4-5-9)8-3-2-6-10-8/h8H,1-6,9H2. The van der Waals surface area contributed by atoms with Crippen LogP contribution >= 0.6 is 0 Å². The Bertz CT molecular complexity index is 116. The Morgan fingerprint density at radius 1 is 1.70 bits per heavy atom. The summed E-state index contributed by atoms with van der Waals surface area (Å²) < 4.78 is 5.41. The highest BCUT2D eigenvalue weighted by molar-refractivity contribution is 5.03. The Kier molecular flexibility index (Phi) is 2.90. The number of nitrogens with two attached hydrogens (primary N) is 1. The van der Waals surface area contributed by atoms with Crippen LogP contribution in [0.2, 0.25) is 0 Å². The van der Waals surface area contributed by atoms with E-state index in [9.17, 15) is 0 Å². The molecule has 1 aliphatic heterocycles. The van der Waals surface area contributed by atoms with E-state index in [-0.39, 0.29) is 0 Å². The lowest BCUT2D eigenvalue weighted by Crippen LogP contribution is -2.11. The van der Waals surface area contributed by atoms with Crippen LogP contribution in [-0.4, -0.2) is 19.3 Å². The van der Waals surface area contributed by atoms with Crippen molar-refractivity contribution < 1.29 is 4.74 Å². The van der Waals surface area contributed by atoms with Gasteiger partial charge in [-0.2, -0.15) is 0 Å². The van der Waals surface area contributed by atoms with Gasteiger partial charge in [-0.3, -0.25) is 0 Å². The molecule has 0 saturated carbocycles. The molecule has 0 bridgehead atoms. The topological polar surface area (TPSA) is 35.2 Å². The molecular formula is C8H15NO. The Balaban J connectivity index is 2.25. The van der Waals surface area contributed by atoms with E-state index >= 15 is 0 Å². The highest BCUT2D eigenvalue weighted by Gasteiger charge is 2.17. The fraction of sp³-hybridized carbons (Fsp3) is 0.750. The van der Waals surface area contributed by atoms with Crippen molar-refractivity contribution in [2.24, 2.45) is 5.73 Å². The summed E-state index contributed by atoms with van der Waals surface area (Å²) >= 11 is 0. The lowest BCUT2D eigenvalue weighted by molar-refractivity contribution is 0.135. The molecule has 1 atom stereocenters. The van der Waals surface area contributed by atoms with Gasteiger partial charge in [-0.25, -0.2) is 0 Å². The van der Waals surface area contributed by atoms with Gasteiger partial charge in [-0.1, -0.05) is 6.58 Å². The Morgan fingerprint density at radius 3 is 3.00 bits per heavy atom. The second kappa shape index (κ2) is 3.74. The average Bonchev–Trinajstić information content (AvgIpc) is 2.38. The van der Waals surface area contributed by atoms with Crippen molar-refractivity contribution in [1.29, 1.82) is 0 Å². The smallest absolute Gasteiger partial charge is 0.0783 e. The summed E-state index contributed by atoms with van der Waals surface area (Å²) in [4.78, 5) is 0. The molecule has 0 aromatic rings. The summed E-state index contributed by atoms with van der Waals surface area (Å²) in [6.07, 6.45) is 3.53. The molecule has 0 spiro atoms. The molecule has 0 amide bonds. The van der Waals surface area contributed by atoms with Crippen molar-refractivity contribution in [3.8, 4) is 0 Å². The maximum Gasteiger partial charge on any atom is 0.0783 e. The molecule has 2 heteroatoms. The summed E-state index contributed by atoms with van der Waals surface area (Å²) in [5.41, 5.74) is 6.55. The van der Waals surface area contributed by atoms with Crippen molar-refractivity contribution in [2.45, 2.75) is 25.4 Å². The zero-order valence-corrected chi connectivity index (χ0v) is 6.31. The van der Waals surface area contributed by atoms with Gasteiger partial charge in [0.2, 0.25) is 0 Å². The molecule has 1 fully saturated rings. The summed E-state index contributed by atoms with van der Waals surface area (Å²) in [5.74, 6) is 0. The first kappa shape index (κ1) is 7.76. The number of hydrogen-bond acceptors (Lipinski definition) is 2. The molecule has 2 nitrogen and oxygen atoms in total. The quantitative estimate of drug-likeness (QED) is 0.597. The lowest BCUT2D eigenvalue weighted by Gasteiger charge is -2.10. The number of hydrogen-bond donors (Lipinski definition) is 1. The van der Waals surface area contributed by atoms with Gasteiger partial charge in [0.05, 0.1) is 6.10 Å². The highest BCUT2D eigenvalue weighted by Crippen LogP contribution is 2.19. The Morgan fingerprint density at radius 2 is 2.50 bits per heavy atom. The van der Waals surface area contributed by atoms with Crippen molar-refractivity contribution in [1.82, 2.24) is 0 Å². The molecule has 1 aliphatic rings. The van der Waals surface area contributed by atoms with Crippen LogP contribution in [-0.2, 0) is 4.74 Å². The molecule has 1 heterocycles. The van der Waals surface area contributed by atoms with Gasteiger partial charge in [0.15, 0.2) is 0 Å². The third-order valence-electron chi connectivity index (χ3n) is 1.85. The molecule has 0 aromatic carbocycles. The first-order valence-corrected chi connectivity index (χ1v) is 3.84. The predicted octanol–water partition coefficient (Wildman–Crippen LogP) is 1.07. The minimum absolute atomic E-state index is 0.309. The van der Waals surface area contributed by atoms with Gasteiger partial charge in [-0.15, -0.1) is 0 Å². The molecule has 1 rings (SSSR count). The maximum atomic E-state index is 5.41. The maximum absolute atomic E-state index is 5.41. The molecular weight excluding hydrogens is 126 g/mol. The van der Waals surface area contributed by atoms with Crippen LogP contribution in [0.3, 0.4) is 0 Å². The van der Waals surface area contributed by atoms with Crippen LogP contribution in [0, 0.1) is 0 Å². The predicted molar refractivity (Wildman–Crippen MR) is 41.8 cm³/mol. The first-order chi connectivity index (χ1) is 4.84. The van der Waals surface area contributed by atoms with Gasteiger partial charge < -0.3 is 10.5 Å². The van der Waals surface area contributed by atoms with E-state index in [1.54, 1.807) is 0 Å². The van der Waals surface area contributed by atoms with Crippen LogP contribution in [0.4, 0.5) is 0 Å². The molecule has 0 radical (unpaired) electrons. The highest BCUT2D eigenvalue weighted by atomic mass is 16.5. The van der Waals surface area contributed by atoms with E-state index < -0.39 is 0 Å². The van der Waals surface area contributed by atoms with Crippen LogP contribution in [0.25, 0.3) is 0 Å². The number of ether oxygens (including phenoxy) is 1. The SMILES string of the molecule is C=C(CCN)C1CCCO1. The summed E-state index contributed by atoms with van der Waals surface area (Å²) in [7, 11) is 0.